The van der Waals surface area contributed by atoms with Crippen molar-refractivity contribution in [2.75, 3.05) is 14.1 Å². The lowest BCUT2D eigenvalue weighted by molar-refractivity contribution is -0.128. The number of imide groups is 2. The van der Waals surface area contributed by atoms with Gasteiger partial charge in [-0.3, -0.25) is 29.0 Å². The summed E-state index contributed by atoms with van der Waals surface area (Å²) in [6.45, 7) is 8.00. The fraction of sp³-hybridized carbons (Fsp3) is 0.333. The lowest BCUT2D eigenvalue weighted by Crippen LogP contribution is -2.39. The molecule has 0 atom stereocenters. The van der Waals surface area contributed by atoms with Crippen LogP contribution in [0.25, 0.3) is 0 Å². The fourth-order valence-electron chi connectivity index (χ4n) is 2.92. The van der Waals surface area contributed by atoms with Crippen LogP contribution in [0.4, 0.5) is 0 Å². The summed E-state index contributed by atoms with van der Waals surface area (Å²) in [6, 6.07) is 14.4. The van der Waals surface area contributed by atoms with Gasteiger partial charge in [-0.2, -0.15) is 0 Å². The average Bonchev–Trinajstić information content (AvgIpc) is 2.79. The van der Waals surface area contributed by atoms with Crippen LogP contribution in [-0.2, 0) is 22.4 Å². The van der Waals surface area contributed by atoms with Crippen molar-refractivity contribution in [1.29, 1.82) is 0 Å². The lowest BCUT2D eigenvalue weighted by Gasteiger charge is -2.22. The minimum Gasteiger partial charge on any atom is -0.281 e. The number of likely N-dealkylation sites (N-methyl/N-ethyl adjacent to an activating group) is 2. The molecule has 0 aromatic heterocycles. The van der Waals surface area contributed by atoms with Gasteiger partial charge in [-0.05, 0) is 23.3 Å². The van der Waals surface area contributed by atoms with Gasteiger partial charge in [-0.15, -0.1) is 0 Å². The molecule has 0 fully saturated rings. The third-order valence-corrected chi connectivity index (χ3v) is 4.54. The summed E-state index contributed by atoms with van der Waals surface area (Å²) >= 11 is 0. The van der Waals surface area contributed by atoms with E-state index in [-0.39, 0.29) is 23.6 Å². The van der Waals surface area contributed by atoms with Gasteiger partial charge in [0.2, 0.25) is 11.8 Å². The van der Waals surface area contributed by atoms with E-state index in [2.05, 4.69) is 0 Å². The van der Waals surface area contributed by atoms with Crippen LogP contribution in [0, 0.1) is 0 Å². The summed E-state index contributed by atoms with van der Waals surface area (Å²) in [5.41, 5.74) is 2.94. The third kappa shape index (κ3) is 5.41. The van der Waals surface area contributed by atoms with Crippen LogP contribution in [0.2, 0.25) is 0 Å². The molecule has 2 aromatic rings. The van der Waals surface area contributed by atoms with E-state index in [1.165, 1.54) is 23.9 Å². The molecule has 0 radical (unpaired) electrons. The van der Waals surface area contributed by atoms with E-state index in [4.69, 9.17) is 0 Å². The Hall–Kier alpha value is -3.28. The average molecular weight is 411 g/mol. The fourth-order valence-corrected chi connectivity index (χ4v) is 2.92. The van der Waals surface area contributed by atoms with E-state index < -0.39 is 0 Å². The maximum atomic E-state index is 11.5. The minimum atomic E-state index is -0.202. The normalized spacial score (nSPS) is 14.2. The number of carbonyl (C=O) groups is 4. The van der Waals surface area contributed by atoms with Crippen molar-refractivity contribution in [3.05, 3.63) is 70.8 Å². The first-order valence-electron chi connectivity index (χ1n) is 10.2. The van der Waals surface area contributed by atoms with Gasteiger partial charge in [-0.25, -0.2) is 0 Å². The second kappa shape index (κ2) is 11.7. The number of benzene rings is 2. The van der Waals surface area contributed by atoms with E-state index >= 15 is 0 Å². The first-order valence-corrected chi connectivity index (χ1v) is 10.2. The van der Waals surface area contributed by atoms with E-state index in [1.54, 1.807) is 24.3 Å². The van der Waals surface area contributed by atoms with E-state index in [0.29, 0.717) is 24.0 Å². The highest BCUT2D eigenvalue weighted by Gasteiger charge is 2.27. The second-order valence-electron chi connectivity index (χ2n) is 6.18. The maximum absolute atomic E-state index is 11.5. The second-order valence-corrected chi connectivity index (χ2v) is 6.18. The molecule has 4 rings (SSSR count). The standard InChI is InChI=1S/2C10H9NO2.2C2H6/c2*1-11-9(12)6-7-4-2-3-5-8(7)10(11)13;2*1-2/h2*2-5H,6H2,1H3;2*1-2H3. The molecule has 160 valence electrons. The third-order valence-electron chi connectivity index (χ3n) is 4.54. The molecule has 0 saturated heterocycles. The summed E-state index contributed by atoms with van der Waals surface area (Å²) in [7, 11) is 3.03. The van der Waals surface area contributed by atoms with Gasteiger partial charge in [0, 0.05) is 25.2 Å². The van der Waals surface area contributed by atoms with Crippen LogP contribution in [0.3, 0.4) is 0 Å². The van der Waals surface area contributed by atoms with Gasteiger partial charge in [0.1, 0.15) is 0 Å². The Morgan fingerprint density at radius 2 is 0.867 bits per heavy atom. The van der Waals surface area contributed by atoms with Gasteiger partial charge in [0.05, 0.1) is 12.8 Å². The number of hydrogen-bond donors (Lipinski definition) is 0. The topological polar surface area (TPSA) is 74.8 Å². The number of amides is 4. The van der Waals surface area contributed by atoms with Gasteiger partial charge >= 0.3 is 0 Å². The number of rotatable bonds is 0. The van der Waals surface area contributed by atoms with Crippen molar-refractivity contribution in [3.8, 4) is 0 Å². The van der Waals surface area contributed by atoms with Crippen LogP contribution in [0.1, 0.15) is 59.5 Å². The molecular formula is C24H30N2O4. The Labute approximate surface area is 178 Å². The van der Waals surface area contributed by atoms with E-state index in [9.17, 15) is 19.2 Å². The number of carbonyl (C=O) groups excluding carboxylic acids is 4. The van der Waals surface area contributed by atoms with Crippen molar-refractivity contribution in [1.82, 2.24) is 9.80 Å². The Bertz CT molecular complexity index is 845. The van der Waals surface area contributed by atoms with Crippen LogP contribution < -0.4 is 0 Å². The molecule has 0 bridgehead atoms. The molecule has 30 heavy (non-hydrogen) atoms. The quantitative estimate of drug-likeness (QED) is 0.620. The molecule has 2 heterocycles. The minimum absolute atomic E-state index is 0.135. The number of fused-ring (bicyclic) bond motifs is 2. The molecule has 0 N–H and O–H groups in total. The van der Waals surface area contributed by atoms with Crippen LogP contribution in [0.5, 0.6) is 0 Å². The maximum Gasteiger partial charge on any atom is 0.260 e. The molecule has 0 unspecified atom stereocenters. The van der Waals surface area contributed by atoms with Crippen LogP contribution >= 0.6 is 0 Å². The zero-order chi connectivity index (χ0) is 22.8. The lowest BCUT2D eigenvalue weighted by atomic mass is 9.99. The Morgan fingerprint density at radius 3 is 1.20 bits per heavy atom. The first kappa shape index (κ1) is 24.8. The molecule has 0 aliphatic carbocycles. The SMILES string of the molecule is CC.CC.CN1C(=O)Cc2ccccc2C1=O.CN1C(=O)Cc2ccccc2C1=O. The highest BCUT2D eigenvalue weighted by atomic mass is 16.2. The van der Waals surface area contributed by atoms with Crippen molar-refractivity contribution >= 4 is 23.6 Å². The zero-order valence-electron chi connectivity index (χ0n) is 18.6. The summed E-state index contributed by atoms with van der Waals surface area (Å²) in [5, 5.41) is 0. The number of nitrogens with zero attached hydrogens (tertiary/aromatic N) is 2. The van der Waals surface area contributed by atoms with Crippen molar-refractivity contribution < 1.29 is 19.2 Å². The van der Waals surface area contributed by atoms with Crippen molar-refractivity contribution in [2.24, 2.45) is 0 Å². The van der Waals surface area contributed by atoms with Crippen LogP contribution in [-0.4, -0.2) is 47.5 Å². The highest BCUT2D eigenvalue weighted by Crippen LogP contribution is 2.18. The predicted molar refractivity (Wildman–Crippen MR) is 117 cm³/mol. The van der Waals surface area contributed by atoms with Gasteiger partial charge in [-0.1, -0.05) is 64.1 Å². The summed E-state index contributed by atoms with van der Waals surface area (Å²) in [4.78, 5) is 47.9. The number of hydrogen-bond acceptors (Lipinski definition) is 4. The monoisotopic (exact) mass is 410 g/mol. The highest BCUT2D eigenvalue weighted by molar-refractivity contribution is 6.10. The van der Waals surface area contributed by atoms with Crippen molar-refractivity contribution in [2.45, 2.75) is 40.5 Å². The van der Waals surface area contributed by atoms with Gasteiger partial charge < -0.3 is 0 Å². The molecule has 0 spiro atoms. The summed E-state index contributed by atoms with van der Waals surface area (Å²) in [5.74, 6) is -0.675. The molecule has 2 aliphatic heterocycles. The van der Waals surface area contributed by atoms with Crippen molar-refractivity contribution in [3.63, 3.8) is 0 Å². The predicted octanol–water partition coefficient (Wildman–Crippen LogP) is 3.74. The smallest absolute Gasteiger partial charge is 0.260 e. The Morgan fingerprint density at radius 1 is 0.567 bits per heavy atom. The Balaban J connectivity index is 0.000000258. The van der Waals surface area contributed by atoms with Crippen LogP contribution in [0.15, 0.2) is 48.5 Å². The summed E-state index contributed by atoms with van der Waals surface area (Å²) in [6.07, 6.45) is 0.664. The van der Waals surface area contributed by atoms with Gasteiger partial charge in [0.15, 0.2) is 0 Å². The molecule has 0 saturated carbocycles. The molecular weight excluding hydrogens is 380 g/mol. The van der Waals surface area contributed by atoms with E-state index in [1.807, 2.05) is 52.0 Å². The largest absolute Gasteiger partial charge is 0.281 e. The van der Waals surface area contributed by atoms with Gasteiger partial charge in [0.25, 0.3) is 11.8 Å². The first-order chi connectivity index (χ1) is 14.4. The van der Waals surface area contributed by atoms with E-state index in [0.717, 1.165) is 11.1 Å². The zero-order valence-corrected chi connectivity index (χ0v) is 18.6. The molecule has 2 aromatic carbocycles. The molecule has 6 heteroatoms. The summed E-state index contributed by atoms with van der Waals surface area (Å²) < 4.78 is 0. The molecule has 4 amide bonds. The Kier molecular flexibility index (Phi) is 9.62. The molecule has 6 nitrogen and oxygen atoms in total. The molecule has 2 aliphatic rings.